The maximum atomic E-state index is 13.7. The Morgan fingerprint density at radius 3 is 2.46 bits per heavy atom. The smallest absolute Gasteiger partial charge is 0.252 e. The lowest BCUT2D eigenvalue weighted by Gasteiger charge is -2.28. The van der Waals surface area contributed by atoms with E-state index < -0.39 is 27.4 Å². The zero-order chi connectivity index (χ0) is 27.9. The Bertz CT molecular complexity index is 1410. The fraction of sp³-hybridized carbons (Fsp3) is 0.310. The minimum absolute atomic E-state index is 0.0429. The first-order chi connectivity index (χ1) is 18.7. The number of hydrogen-bond donors (Lipinski definition) is 2. The van der Waals surface area contributed by atoms with Crippen LogP contribution in [-0.4, -0.2) is 55.9 Å². The quantitative estimate of drug-likeness (QED) is 0.316. The monoisotopic (exact) mass is 570 g/mol. The molecule has 0 saturated heterocycles. The number of aliphatic imine (C=N–C) groups is 1. The molecule has 206 valence electrons. The second-order valence-corrected chi connectivity index (χ2v) is 11.7. The van der Waals surface area contributed by atoms with Crippen molar-refractivity contribution in [3.05, 3.63) is 95.0 Å². The highest BCUT2D eigenvalue weighted by atomic mass is 35.5. The van der Waals surface area contributed by atoms with Gasteiger partial charge in [0.2, 0.25) is 5.90 Å². The predicted octanol–water partition coefficient (Wildman–Crippen LogP) is 4.19. The minimum Gasteiger partial charge on any atom is -0.494 e. The highest BCUT2D eigenvalue weighted by Crippen LogP contribution is 2.34. The highest BCUT2D eigenvalue weighted by Gasteiger charge is 2.50. The van der Waals surface area contributed by atoms with Crippen LogP contribution in [0.3, 0.4) is 0 Å². The summed E-state index contributed by atoms with van der Waals surface area (Å²) in [5.41, 5.74) is -0.121. The average Bonchev–Trinajstić information content (AvgIpc) is 3.29. The fourth-order valence-corrected chi connectivity index (χ4v) is 5.85. The van der Waals surface area contributed by atoms with Crippen molar-refractivity contribution in [2.45, 2.75) is 42.8 Å². The molecule has 1 aliphatic heterocycles. The lowest BCUT2D eigenvalue weighted by Crippen LogP contribution is -2.51. The van der Waals surface area contributed by atoms with E-state index in [1.807, 2.05) is 12.1 Å². The summed E-state index contributed by atoms with van der Waals surface area (Å²) in [5, 5.41) is 12.3. The molecule has 1 amide bonds. The number of nitrogens with zero attached hydrogens (tertiary/aromatic N) is 1. The molecule has 2 N–H and O–H groups in total. The number of benzene rings is 3. The van der Waals surface area contributed by atoms with Gasteiger partial charge in [-0.25, -0.2) is 13.4 Å². The minimum atomic E-state index is -3.68. The van der Waals surface area contributed by atoms with E-state index >= 15 is 0 Å². The van der Waals surface area contributed by atoms with Crippen LogP contribution in [0.5, 0.6) is 5.75 Å². The summed E-state index contributed by atoms with van der Waals surface area (Å²) < 4.78 is 37.9. The van der Waals surface area contributed by atoms with Crippen LogP contribution in [0, 0.1) is 0 Å². The van der Waals surface area contributed by atoms with Gasteiger partial charge in [0.1, 0.15) is 11.9 Å². The molecule has 1 heterocycles. The molecule has 0 fully saturated rings. The van der Waals surface area contributed by atoms with E-state index in [1.165, 1.54) is 12.1 Å². The second kappa shape index (κ2) is 12.6. The van der Waals surface area contributed by atoms with Gasteiger partial charge in [-0.2, -0.15) is 0 Å². The summed E-state index contributed by atoms with van der Waals surface area (Å²) in [6.45, 7) is 2.30. The van der Waals surface area contributed by atoms with Crippen molar-refractivity contribution >= 4 is 33.2 Å². The summed E-state index contributed by atoms with van der Waals surface area (Å²) in [6.07, 6.45) is -0.288. The first-order valence-electron chi connectivity index (χ1n) is 12.7. The number of carbonyl (C=O) groups excluding carboxylic acids is 1. The van der Waals surface area contributed by atoms with Gasteiger partial charge in [-0.1, -0.05) is 48.0 Å². The Labute approximate surface area is 233 Å². The lowest BCUT2D eigenvalue weighted by molar-refractivity contribution is -0.128. The molecule has 0 bridgehead atoms. The second-order valence-electron chi connectivity index (χ2n) is 9.21. The average molecular weight is 571 g/mol. The highest BCUT2D eigenvalue weighted by molar-refractivity contribution is 7.91. The third kappa shape index (κ3) is 6.79. The summed E-state index contributed by atoms with van der Waals surface area (Å²) in [4.78, 5) is 18.6. The molecule has 2 atom stereocenters. The zero-order valence-electron chi connectivity index (χ0n) is 21.5. The molecule has 8 nitrogen and oxygen atoms in total. The van der Waals surface area contributed by atoms with Gasteiger partial charge in [-0.3, -0.25) is 4.79 Å². The number of amides is 1. The summed E-state index contributed by atoms with van der Waals surface area (Å²) in [7, 11) is -3.68. The number of halogens is 1. The van der Waals surface area contributed by atoms with Crippen LogP contribution in [0.25, 0.3) is 0 Å². The van der Waals surface area contributed by atoms with Gasteiger partial charge in [0.25, 0.3) is 5.91 Å². The van der Waals surface area contributed by atoms with Crippen molar-refractivity contribution in [1.29, 1.82) is 0 Å². The van der Waals surface area contributed by atoms with Gasteiger partial charge in [-0.05, 0) is 61.4 Å². The molecule has 0 spiro atoms. The molecular formula is C29H31ClN2O6S. The molecule has 4 rings (SSSR count). The van der Waals surface area contributed by atoms with Crippen LogP contribution < -0.4 is 10.1 Å². The van der Waals surface area contributed by atoms with E-state index in [0.717, 1.165) is 5.56 Å². The van der Waals surface area contributed by atoms with Crippen LogP contribution >= 0.6 is 11.6 Å². The van der Waals surface area contributed by atoms with Gasteiger partial charge in [0.15, 0.2) is 15.4 Å². The summed E-state index contributed by atoms with van der Waals surface area (Å²) >= 11 is 6.27. The SMILES string of the molecule is C[C@H]1OC(c2ccc(OCCCO)cc2)=N[C@@]1(CCS(=O)(=O)c1ccccc1)C(=O)NCc1ccccc1Cl. The number of ether oxygens (including phenoxy) is 2. The normalized spacial score (nSPS) is 18.7. The number of hydrogen-bond acceptors (Lipinski definition) is 7. The van der Waals surface area contributed by atoms with Gasteiger partial charge in [0.05, 0.1) is 17.3 Å². The summed E-state index contributed by atoms with van der Waals surface area (Å²) in [6, 6.07) is 22.3. The molecule has 0 saturated carbocycles. The van der Waals surface area contributed by atoms with Crippen molar-refractivity contribution in [1.82, 2.24) is 5.32 Å². The van der Waals surface area contributed by atoms with Crippen LogP contribution in [0.4, 0.5) is 0 Å². The molecule has 0 aromatic heterocycles. The Morgan fingerprint density at radius 1 is 1.08 bits per heavy atom. The Kier molecular flexibility index (Phi) is 9.27. The maximum Gasteiger partial charge on any atom is 0.252 e. The molecule has 0 radical (unpaired) electrons. The third-order valence-electron chi connectivity index (χ3n) is 6.58. The van der Waals surface area contributed by atoms with Crippen molar-refractivity contribution in [3.63, 3.8) is 0 Å². The van der Waals surface area contributed by atoms with Crippen molar-refractivity contribution in [2.24, 2.45) is 4.99 Å². The summed E-state index contributed by atoms with van der Waals surface area (Å²) in [5.74, 6) is 0.127. The fourth-order valence-electron chi connectivity index (χ4n) is 4.26. The lowest BCUT2D eigenvalue weighted by atomic mass is 9.90. The van der Waals surface area contributed by atoms with Gasteiger partial charge in [-0.15, -0.1) is 0 Å². The van der Waals surface area contributed by atoms with Crippen molar-refractivity contribution in [2.75, 3.05) is 19.0 Å². The maximum absolute atomic E-state index is 13.7. The molecule has 0 unspecified atom stereocenters. The number of aliphatic hydroxyl groups excluding tert-OH is 1. The van der Waals surface area contributed by atoms with Crippen LogP contribution in [0.1, 0.15) is 30.9 Å². The van der Waals surface area contributed by atoms with E-state index in [0.29, 0.717) is 29.4 Å². The number of nitrogens with one attached hydrogen (secondary N) is 1. The van der Waals surface area contributed by atoms with Crippen molar-refractivity contribution in [3.8, 4) is 5.75 Å². The van der Waals surface area contributed by atoms with Crippen LogP contribution in [-0.2, 0) is 25.9 Å². The van der Waals surface area contributed by atoms with E-state index in [1.54, 1.807) is 61.5 Å². The number of rotatable bonds is 12. The largest absolute Gasteiger partial charge is 0.494 e. The molecule has 3 aromatic rings. The number of aliphatic hydroxyl groups is 1. The Balaban J connectivity index is 1.61. The predicted molar refractivity (Wildman–Crippen MR) is 150 cm³/mol. The standard InChI is InChI=1S/C29H31ClN2O6S/c1-21-29(16-19-39(35,36)25-9-3-2-4-10-25,28(34)31-20-23-8-5-6-11-26(23)30)32-27(38-21)22-12-14-24(15-13-22)37-18-7-17-33/h2-6,8-15,21,33H,7,16-20H2,1H3,(H,31,34)/t21-,29-/m1/s1. The van der Waals surface area contributed by atoms with E-state index in [2.05, 4.69) is 5.32 Å². The molecule has 1 aliphatic rings. The van der Waals surface area contributed by atoms with Crippen molar-refractivity contribution < 1.29 is 27.8 Å². The molecule has 0 aliphatic carbocycles. The molecule has 39 heavy (non-hydrogen) atoms. The van der Waals surface area contributed by atoms with Gasteiger partial charge >= 0.3 is 0 Å². The third-order valence-corrected chi connectivity index (χ3v) is 8.68. The van der Waals surface area contributed by atoms with E-state index in [9.17, 15) is 13.2 Å². The van der Waals surface area contributed by atoms with E-state index in [-0.39, 0.29) is 36.1 Å². The Hall–Kier alpha value is -3.40. The molecule has 10 heteroatoms. The van der Waals surface area contributed by atoms with Crippen LogP contribution in [0.2, 0.25) is 5.02 Å². The Morgan fingerprint density at radius 2 is 1.77 bits per heavy atom. The molecular weight excluding hydrogens is 540 g/mol. The van der Waals surface area contributed by atoms with Gasteiger partial charge in [0, 0.05) is 30.2 Å². The molecule has 3 aromatic carbocycles. The first kappa shape index (κ1) is 28.6. The van der Waals surface area contributed by atoms with Gasteiger partial charge < -0.3 is 19.9 Å². The first-order valence-corrected chi connectivity index (χ1v) is 14.7. The van der Waals surface area contributed by atoms with Crippen LogP contribution in [0.15, 0.2) is 88.8 Å². The number of carbonyl (C=O) groups is 1. The topological polar surface area (TPSA) is 114 Å². The number of sulfone groups is 1. The van der Waals surface area contributed by atoms with E-state index in [4.69, 9.17) is 31.2 Å². The zero-order valence-corrected chi connectivity index (χ0v) is 23.1.